The lowest BCUT2D eigenvalue weighted by atomic mass is 9.79. The molecule has 112 valence electrons. The van der Waals surface area contributed by atoms with Crippen LogP contribution in [0.1, 0.15) is 37.7 Å². The molecule has 2 bridgehead atoms. The summed E-state index contributed by atoms with van der Waals surface area (Å²) in [6.07, 6.45) is 7.34. The number of fused-ring (bicyclic) bond motifs is 5. The number of nitrogens with one attached hydrogen (secondary N) is 1. The Morgan fingerprint density at radius 3 is 2.86 bits per heavy atom. The molecule has 5 unspecified atom stereocenters. The SMILES string of the molecule is Cl.[C-]#[N+]c1cccc(CNC2CC3CC2C2CCCC32)c1. The summed E-state index contributed by atoms with van der Waals surface area (Å²) in [5, 5.41) is 3.79. The summed E-state index contributed by atoms with van der Waals surface area (Å²) in [4.78, 5) is 3.51. The van der Waals surface area contributed by atoms with Gasteiger partial charge >= 0.3 is 0 Å². The molecular weight excluding hydrogens is 280 g/mol. The van der Waals surface area contributed by atoms with Crippen molar-refractivity contribution in [3.63, 3.8) is 0 Å². The second-order valence-electron chi connectivity index (χ2n) is 6.92. The van der Waals surface area contributed by atoms with Gasteiger partial charge in [0, 0.05) is 12.6 Å². The number of rotatable bonds is 3. The Morgan fingerprint density at radius 2 is 2.00 bits per heavy atom. The van der Waals surface area contributed by atoms with Gasteiger partial charge in [-0.15, -0.1) is 12.4 Å². The van der Waals surface area contributed by atoms with E-state index in [2.05, 4.69) is 16.2 Å². The zero-order valence-corrected chi connectivity index (χ0v) is 13.1. The van der Waals surface area contributed by atoms with Gasteiger partial charge in [-0.3, -0.25) is 0 Å². The fourth-order valence-electron chi connectivity index (χ4n) is 5.29. The third kappa shape index (κ3) is 2.58. The van der Waals surface area contributed by atoms with Gasteiger partial charge in [0.15, 0.2) is 5.69 Å². The van der Waals surface area contributed by atoms with E-state index in [1.165, 1.54) is 37.7 Å². The maximum absolute atomic E-state index is 7.09. The minimum Gasteiger partial charge on any atom is -0.310 e. The Balaban J connectivity index is 0.00000132. The molecule has 3 saturated carbocycles. The molecule has 1 aromatic rings. The minimum absolute atomic E-state index is 0. The van der Waals surface area contributed by atoms with E-state index in [4.69, 9.17) is 6.57 Å². The van der Waals surface area contributed by atoms with Crippen molar-refractivity contribution in [2.24, 2.45) is 23.7 Å². The van der Waals surface area contributed by atoms with Crippen molar-refractivity contribution >= 4 is 18.1 Å². The summed E-state index contributed by atoms with van der Waals surface area (Å²) in [5.41, 5.74) is 2.01. The standard InChI is InChI=1S/C18H22N2.ClH/c1-19-14-5-2-4-12(8-14)11-20-18-10-13-9-17(18)16-7-3-6-15(13)16;/h2,4-5,8,13,15-18,20H,3,6-7,9-11H2;1H. The van der Waals surface area contributed by atoms with Gasteiger partial charge in [-0.2, -0.15) is 0 Å². The molecule has 4 rings (SSSR count). The van der Waals surface area contributed by atoms with Crippen molar-refractivity contribution in [1.29, 1.82) is 0 Å². The van der Waals surface area contributed by atoms with Crippen LogP contribution < -0.4 is 5.32 Å². The van der Waals surface area contributed by atoms with E-state index in [0.717, 1.165) is 41.9 Å². The lowest BCUT2D eigenvalue weighted by molar-refractivity contribution is 0.208. The molecule has 3 aliphatic carbocycles. The molecular formula is C18H23ClN2. The van der Waals surface area contributed by atoms with Crippen LogP contribution in [0.4, 0.5) is 5.69 Å². The van der Waals surface area contributed by atoms with Crippen LogP contribution in [0, 0.1) is 30.2 Å². The lowest BCUT2D eigenvalue weighted by Crippen LogP contribution is -2.38. The van der Waals surface area contributed by atoms with Crippen LogP contribution in [0.3, 0.4) is 0 Å². The summed E-state index contributed by atoms with van der Waals surface area (Å²) in [7, 11) is 0. The maximum atomic E-state index is 7.09. The van der Waals surface area contributed by atoms with E-state index in [9.17, 15) is 0 Å². The average Bonchev–Trinajstić information content (AvgIpc) is 3.17. The first-order chi connectivity index (χ1) is 9.85. The van der Waals surface area contributed by atoms with Gasteiger partial charge in [-0.25, -0.2) is 4.85 Å². The van der Waals surface area contributed by atoms with Crippen molar-refractivity contribution < 1.29 is 0 Å². The van der Waals surface area contributed by atoms with Crippen LogP contribution in [0.25, 0.3) is 4.85 Å². The molecule has 0 heterocycles. The molecule has 1 N–H and O–H groups in total. The third-order valence-corrected chi connectivity index (χ3v) is 6.04. The highest BCUT2D eigenvalue weighted by atomic mass is 35.5. The summed E-state index contributed by atoms with van der Waals surface area (Å²) < 4.78 is 0. The first-order valence-corrected chi connectivity index (χ1v) is 8.05. The number of hydrogen-bond donors (Lipinski definition) is 1. The fourth-order valence-corrected chi connectivity index (χ4v) is 5.29. The summed E-state index contributed by atoms with van der Waals surface area (Å²) in [5.74, 6) is 4.06. The molecule has 21 heavy (non-hydrogen) atoms. The van der Waals surface area contributed by atoms with Gasteiger partial charge in [0.25, 0.3) is 0 Å². The predicted molar refractivity (Wildman–Crippen MR) is 87.6 cm³/mol. The Morgan fingerprint density at radius 1 is 1.14 bits per heavy atom. The molecule has 3 fully saturated rings. The molecule has 3 aliphatic rings. The van der Waals surface area contributed by atoms with E-state index in [0.29, 0.717) is 0 Å². The van der Waals surface area contributed by atoms with Gasteiger partial charge in [0.1, 0.15) is 0 Å². The monoisotopic (exact) mass is 302 g/mol. The van der Waals surface area contributed by atoms with E-state index < -0.39 is 0 Å². The number of nitrogens with zero attached hydrogens (tertiary/aromatic N) is 1. The van der Waals surface area contributed by atoms with Gasteiger partial charge in [-0.05, 0) is 54.9 Å². The molecule has 0 aromatic heterocycles. The molecule has 3 heteroatoms. The van der Waals surface area contributed by atoms with Crippen LogP contribution in [0.5, 0.6) is 0 Å². The third-order valence-electron chi connectivity index (χ3n) is 6.04. The Hall–Kier alpha value is -1.04. The first kappa shape index (κ1) is 14.9. The molecule has 0 spiro atoms. The Kier molecular flexibility index (Phi) is 4.24. The summed E-state index contributed by atoms with van der Waals surface area (Å²) in [6, 6.07) is 8.77. The van der Waals surface area contributed by atoms with Gasteiger partial charge < -0.3 is 5.32 Å². The highest BCUT2D eigenvalue weighted by molar-refractivity contribution is 5.85. The zero-order chi connectivity index (χ0) is 13.5. The Bertz CT molecular complexity index is 550. The van der Waals surface area contributed by atoms with Gasteiger partial charge in [-0.1, -0.05) is 30.7 Å². The van der Waals surface area contributed by atoms with Crippen LogP contribution in [0.15, 0.2) is 24.3 Å². The molecule has 0 radical (unpaired) electrons. The Labute approximate surface area is 133 Å². The van der Waals surface area contributed by atoms with Crippen LogP contribution >= 0.6 is 12.4 Å². The van der Waals surface area contributed by atoms with E-state index >= 15 is 0 Å². The number of halogens is 1. The van der Waals surface area contributed by atoms with Crippen LogP contribution in [-0.4, -0.2) is 6.04 Å². The zero-order valence-electron chi connectivity index (χ0n) is 12.3. The largest absolute Gasteiger partial charge is 0.310 e. The normalized spacial score (nSPS) is 36.0. The topological polar surface area (TPSA) is 16.4 Å². The highest BCUT2D eigenvalue weighted by Crippen LogP contribution is 2.58. The number of benzene rings is 1. The van der Waals surface area contributed by atoms with Crippen LogP contribution in [0.2, 0.25) is 0 Å². The molecule has 1 aromatic carbocycles. The fraction of sp³-hybridized carbons (Fsp3) is 0.611. The second kappa shape index (κ2) is 5.99. The van der Waals surface area contributed by atoms with Gasteiger partial charge in [0.2, 0.25) is 0 Å². The molecule has 0 amide bonds. The average molecular weight is 303 g/mol. The van der Waals surface area contributed by atoms with E-state index in [-0.39, 0.29) is 12.4 Å². The van der Waals surface area contributed by atoms with Crippen molar-refractivity contribution in [2.75, 3.05) is 0 Å². The number of hydrogen-bond acceptors (Lipinski definition) is 1. The van der Waals surface area contributed by atoms with Gasteiger partial charge in [0.05, 0.1) is 6.57 Å². The minimum atomic E-state index is 0. The highest BCUT2D eigenvalue weighted by Gasteiger charge is 2.53. The first-order valence-electron chi connectivity index (χ1n) is 8.05. The molecule has 5 atom stereocenters. The molecule has 0 saturated heterocycles. The molecule has 2 nitrogen and oxygen atoms in total. The van der Waals surface area contributed by atoms with E-state index in [1.54, 1.807) is 0 Å². The summed E-state index contributed by atoms with van der Waals surface area (Å²) in [6.45, 7) is 8.02. The summed E-state index contributed by atoms with van der Waals surface area (Å²) >= 11 is 0. The van der Waals surface area contributed by atoms with Crippen molar-refractivity contribution in [3.05, 3.63) is 41.2 Å². The maximum Gasteiger partial charge on any atom is 0.187 e. The second-order valence-corrected chi connectivity index (χ2v) is 6.92. The van der Waals surface area contributed by atoms with Crippen molar-refractivity contribution in [2.45, 2.75) is 44.7 Å². The van der Waals surface area contributed by atoms with Crippen molar-refractivity contribution in [1.82, 2.24) is 5.32 Å². The van der Waals surface area contributed by atoms with Crippen molar-refractivity contribution in [3.8, 4) is 0 Å². The molecule has 0 aliphatic heterocycles. The quantitative estimate of drug-likeness (QED) is 0.809. The lowest BCUT2D eigenvalue weighted by Gasteiger charge is -2.32. The van der Waals surface area contributed by atoms with E-state index in [1.807, 2.05) is 18.2 Å². The van der Waals surface area contributed by atoms with Crippen LogP contribution in [-0.2, 0) is 6.54 Å². The smallest absolute Gasteiger partial charge is 0.187 e. The predicted octanol–water partition coefficient (Wildman–Crippen LogP) is 4.57.